The number of likely N-dealkylation sites (tertiary alicyclic amines) is 1. The molecule has 0 N–H and O–H groups in total. The number of likely N-dealkylation sites (N-methyl/N-ethyl adjacent to an activating group) is 1. The highest BCUT2D eigenvalue weighted by molar-refractivity contribution is 6.42. The molecule has 41 heavy (non-hydrogen) atoms. The molecule has 0 saturated carbocycles. The lowest BCUT2D eigenvalue weighted by Gasteiger charge is -2.29. The van der Waals surface area contributed by atoms with Gasteiger partial charge in [0.05, 0.1) is 15.6 Å². The third-order valence-corrected chi connectivity index (χ3v) is 8.15. The average molecular weight is 602 g/mol. The van der Waals surface area contributed by atoms with E-state index in [2.05, 4.69) is 4.98 Å². The summed E-state index contributed by atoms with van der Waals surface area (Å²) in [7, 11) is 1.81. The maximum Gasteiger partial charge on any atom is 0.419 e. The van der Waals surface area contributed by atoms with Crippen LogP contribution in [0.1, 0.15) is 33.0 Å². The van der Waals surface area contributed by atoms with E-state index in [-0.39, 0.29) is 24.4 Å². The van der Waals surface area contributed by atoms with Crippen molar-refractivity contribution in [1.82, 2.24) is 14.8 Å². The topological polar surface area (TPSA) is 36.4 Å². The van der Waals surface area contributed by atoms with Crippen molar-refractivity contribution in [1.29, 1.82) is 0 Å². The molecule has 0 aliphatic carbocycles. The lowest BCUT2D eigenvalue weighted by Crippen LogP contribution is -2.38. The number of halogens is 6. The van der Waals surface area contributed by atoms with Gasteiger partial charge in [0.25, 0.3) is 5.91 Å². The first kappa shape index (κ1) is 29.0. The van der Waals surface area contributed by atoms with Gasteiger partial charge in [0.2, 0.25) is 0 Å². The van der Waals surface area contributed by atoms with E-state index in [1.54, 1.807) is 48.6 Å². The van der Waals surface area contributed by atoms with Gasteiger partial charge in [-0.2, -0.15) is 13.2 Å². The molecular weight excluding hydrogens is 577 g/mol. The van der Waals surface area contributed by atoms with E-state index >= 15 is 0 Å². The average Bonchev–Trinajstić information content (AvgIpc) is 3.40. The number of hydrogen-bond donors (Lipinski definition) is 0. The number of carbonyl (C=O) groups is 1. The molecule has 2 atom stereocenters. The van der Waals surface area contributed by atoms with Gasteiger partial charge in [-0.15, -0.1) is 0 Å². The van der Waals surface area contributed by atoms with Crippen molar-refractivity contribution in [3.05, 3.63) is 123 Å². The van der Waals surface area contributed by atoms with Crippen LogP contribution in [0.5, 0.6) is 0 Å². The molecule has 0 radical (unpaired) electrons. The number of aromatic nitrogens is 1. The van der Waals surface area contributed by atoms with Crippen LogP contribution in [0.25, 0.3) is 11.1 Å². The molecule has 5 rings (SSSR count). The molecule has 1 aromatic heterocycles. The molecule has 1 saturated heterocycles. The van der Waals surface area contributed by atoms with Gasteiger partial charge in [-0.3, -0.25) is 14.7 Å². The van der Waals surface area contributed by atoms with Crippen LogP contribution < -0.4 is 0 Å². The van der Waals surface area contributed by atoms with Crippen LogP contribution in [0.2, 0.25) is 10.0 Å². The second kappa shape index (κ2) is 11.8. The highest BCUT2D eigenvalue weighted by Crippen LogP contribution is 2.36. The van der Waals surface area contributed by atoms with Crippen molar-refractivity contribution in [2.24, 2.45) is 0 Å². The molecular formula is C31H25Cl2F4N3O. The molecule has 0 spiro atoms. The zero-order chi connectivity index (χ0) is 29.3. The van der Waals surface area contributed by atoms with Crippen molar-refractivity contribution in [2.75, 3.05) is 20.1 Å². The van der Waals surface area contributed by atoms with Gasteiger partial charge in [0.15, 0.2) is 0 Å². The third kappa shape index (κ3) is 6.40. The Balaban J connectivity index is 1.39. The first-order chi connectivity index (χ1) is 19.5. The first-order valence-electron chi connectivity index (χ1n) is 12.8. The van der Waals surface area contributed by atoms with Gasteiger partial charge in [0.1, 0.15) is 5.82 Å². The second-order valence-corrected chi connectivity index (χ2v) is 10.9. The maximum atomic E-state index is 14.3. The summed E-state index contributed by atoms with van der Waals surface area (Å²) >= 11 is 12.5. The largest absolute Gasteiger partial charge is 0.419 e. The molecule has 4 aromatic rings. The Kier molecular flexibility index (Phi) is 8.36. The summed E-state index contributed by atoms with van der Waals surface area (Å²) in [5.74, 6) is -1.64. The minimum atomic E-state index is -4.77. The second-order valence-electron chi connectivity index (χ2n) is 10.1. The van der Waals surface area contributed by atoms with E-state index in [0.29, 0.717) is 34.3 Å². The molecule has 2 unspecified atom stereocenters. The third-order valence-electron chi connectivity index (χ3n) is 7.41. The summed E-state index contributed by atoms with van der Waals surface area (Å²) < 4.78 is 53.4. The molecule has 0 bridgehead atoms. The minimum Gasteiger partial charge on any atom is -0.336 e. The van der Waals surface area contributed by atoms with Gasteiger partial charge in [0, 0.05) is 49.6 Å². The Bertz CT molecular complexity index is 1550. The number of alkyl halides is 3. The summed E-state index contributed by atoms with van der Waals surface area (Å²) in [6.07, 6.45) is -1.32. The lowest BCUT2D eigenvalue weighted by atomic mass is 9.93. The predicted molar refractivity (Wildman–Crippen MR) is 151 cm³/mol. The fraction of sp³-hybridized carbons (Fsp3) is 0.226. The van der Waals surface area contributed by atoms with Gasteiger partial charge in [-0.1, -0.05) is 53.5 Å². The van der Waals surface area contributed by atoms with Crippen molar-refractivity contribution in [3.63, 3.8) is 0 Å². The molecule has 1 aliphatic heterocycles. The molecule has 2 heterocycles. The van der Waals surface area contributed by atoms with E-state index in [1.165, 1.54) is 6.07 Å². The summed E-state index contributed by atoms with van der Waals surface area (Å²) in [5, 5.41) is 0.784. The summed E-state index contributed by atoms with van der Waals surface area (Å²) in [6, 6.07) is 19.1. The standard InChI is InChI=1S/C31H25Cl2F4N3O/c1-39(16-19-4-10-25(28(34)13-19)31(35,36)37)29-18-40(17-24(29)22-9-11-26(32)27(33)14-22)30(41)21-7-5-20(6-8-21)23-3-2-12-38-15-23/h2-15,24,29H,16-18H2,1H3. The van der Waals surface area contributed by atoms with Crippen LogP contribution in [-0.4, -0.2) is 46.9 Å². The Morgan fingerprint density at radius 3 is 2.37 bits per heavy atom. The summed E-state index contributed by atoms with van der Waals surface area (Å²) in [4.78, 5) is 21.4. The normalized spacial score (nSPS) is 17.3. The Morgan fingerprint density at radius 2 is 1.73 bits per heavy atom. The zero-order valence-corrected chi connectivity index (χ0v) is 23.4. The Hall–Kier alpha value is -3.46. The van der Waals surface area contributed by atoms with E-state index in [9.17, 15) is 22.4 Å². The minimum absolute atomic E-state index is 0.149. The number of nitrogens with zero attached hydrogens (tertiary/aromatic N) is 3. The maximum absolute atomic E-state index is 14.3. The van der Waals surface area contributed by atoms with E-state index in [4.69, 9.17) is 23.2 Å². The Morgan fingerprint density at radius 1 is 0.976 bits per heavy atom. The highest BCUT2D eigenvalue weighted by Gasteiger charge is 2.39. The lowest BCUT2D eigenvalue weighted by molar-refractivity contribution is -0.140. The van der Waals surface area contributed by atoms with Crippen LogP contribution >= 0.6 is 23.2 Å². The van der Waals surface area contributed by atoms with E-state index < -0.39 is 17.6 Å². The Labute approximate surface area is 245 Å². The molecule has 10 heteroatoms. The molecule has 4 nitrogen and oxygen atoms in total. The fourth-order valence-electron chi connectivity index (χ4n) is 5.28. The summed E-state index contributed by atoms with van der Waals surface area (Å²) in [6.45, 7) is 0.921. The monoisotopic (exact) mass is 601 g/mol. The number of benzene rings is 3. The van der Waals surface area contributed by atoms with Gasteiger partial charge in [-0.25, -0.2) is 4.39 Å². The van der Waals surface area contributed by atoms with Crippen molar-refractivity contribution >= 4 is 29.1 Å². The zero-order valence-electron chi connectivity index (χ0n) is 21.9. The van der Waals surface area contributed by atoms with Gasteiger partial charge in [-0.05, 0) is 71.8 Å². The first-order valence-corrected chi connectivity index (χ1v) is 13.6. The smallest absolute Gasteiger partial charge is 0.336 e. The molecule has 3 aromatic carbocycles. The van der Waals surface area contributed by atoms with Crippen LogP contribution in [0.3, 0.4) is 0 Å². The predicted octanol–water partition coefficient (Wildman–Crippen LogP) is 7.95. The summed E-state index contributed by atoms with van der Waals surface area (Å²) in [5.41, 5.74) is 2.36. The number of hydrogen-bond acceptors (Lipinski definition) is 3. The number of rotatable bonds is 6. The van der Waals surface area contributed by atoms with Gasteiger partial charge < -0.3 is 4.90 Å². The number of carbonyl (C=O) groups excluding carboxylic acids is 1. The molecule has 1 aliphatic rings. The quantitative estimate of drug-likeness (QED) is 0.210. The highest BCUT2D eigenvalue weighted by atomic mass is 35.5. The van der Waals surface area contributed by atoms with Crippen molar-refractivity contribution in [2.45, 2.75) is 24.7 Å². The number of pyridine rings is 1. The van der Waals surface area contributed by atoms with Crippen LogP contribution in [0, 0.1) is 5.82 Å². The fourth-order valence-corrected chi connectivity index (χ4v) is 5.59. The van der Waals surface area contributed by atoms with Crippen LogP contribution in [0.4, 0.5) is 17.6 Å². The number of amides is 1. The van der Waals surface area contributed by atoms with Crippen LogP contribution in [-0.2, 0) is 12.7 Å². The van der Waals surface area contributed by atoms with Crippen molar-refractivity contribution < 1.29 is 22.4 Å². The van der Waals surface area contributed by atoms with E-state index in [1.807, 2.05) is 35.2 Å². The van der Waals surface area contributed by atoms with Crippen LogP contribution in [0.15, 0.2) is 85.2 Å². The molecule has 1 amide bonds. The SMILES string of the molecule is CN(Cc1ccc(C(F)(F)F)c(F)c1)C1CN(C(=O)c2ccc(-c3cccnc3)cc2)CC1c1ccc(Cl)c(Cl)c1. The molecule has 212 valence electrons. The molecule has 1 fully saturated rings. The van der Waals surface area contributed by atoms with Gasteiger partial charge >= 0.3 is 6.18 Å². The van der Waals surface area contributed by atoms with Crippen molar-refractivity contribution in [3.8, 4) is 11.1 Å². The van der Waals surface area contributed by atoms with E-state index in [0.717, 1.165) is 28.8 Å².